The Morgan fingerprint density at radius 2 is 2.26 bits per heavy atom. The van der Waals surface area contributed by atoms with Crippen LogP contribution in [0.1, 0.15) is 35.0 Å². The molecule has 0 fully saturated rings. The molecule has 0 aromatic carbocycles. The van der Waals surface area contributed by atoms with Crippen molar-refractivity contribution in [1.82, 2.24) is 19.6 Å². The first kappa shape index (κ1) is 11.4. The van der Waals surface area contributed by atoms with Crippen molar-refractivity contribution in [3.8, 4) is 0 Å². The van der Waals surface area contributed by atoms with Gasteiger partial charge >= 0.3 is 0 Å². The monoisotopic (exact) mass is 290 g/mol. The SMILES string of the molecule is Clc1cncc2nnc(C3CCCc4sccc43)n12. The maximum atomic E-state index is 6.25. The highest BCUT2D eigenvalue weighted by Crippen LogP contribution is 2.38. The smallest absolute Gasteiger partial charge is 0.180 e. The summed E-state index contributed by atoms with van der Waals surface area (Å²) in [5, 5.41) is 11.3. The fraction of sp³-hybridized carbons (Fsp3) is 0.308. The second-order valence-corrected chi connectivity index (χ2v) is 6.11. The molecule has 0 amide bonds. The first-order valence-electron chi connectivity index (χ1n) is 6.25. The molecule has 4 nitrogen and oxygen atoms in total. The molecule has 1 unspecified atom stereocenters. The van der Waals surface area contributed by atoms with E-state index >= 15 is 0 Å². The molecule has 19 heavy (non-hydrogen) atoms. The summed E-state index contributed by atoms with van der Waals surface area (Å²) in [6.07, 6.45) is 6.80. The lowest BCUT2D eigenvalue weighted by molar-refractivity contribution is 0.593. The fourth-order valence-corrected chi connectivity index (χ4v) is 4.03. The van der Waals surface area contributed by atoms with Crippen molar-refractivity contribution in [2.75, 3.05) is 0 Å². The second-order valence-electron chi connectivity index (χ2n) is 4.73. The van der Waals surface area contributed by atoms with Crippen LogP contribution in [0.5, 0.6) is 0 Å². The van der Waals surface area contributed by atoms with E-state index in [2.05, 4.69) is 26.6 Å². The van der Waals surface area contributed by atoms with Gasteiger partial charge in [0.2, 0.25) is 0 Å². The van der Waals surface area contributed by atoms with Gasteiger partial charge < -0.3 is 0 Å². The van der Waals surface area contributed by atoms with E-state index < -0.39 is 0 Å². The molecule has 3 heterocycles. The molecule has 0 N–H and O–H groups in total. The number of aryl methyl sites for hydroxylation is 1. The van der Waals surface area contributed by atoms with Crippen molar-refractivity contribution in [2.45, 2.75) is 25.2 Å². The van der Waals surface area contributed by atoms with E-state index in [1.54, 1.807) is 12.4 Å². The normalized spacial score (nSPS) is 18.7. The summed E-state index contributed by atoms with van der Waals surface area (Å²) in [5.74, 6) is 1.23. The molecule has 3 aromatic rings. The lowest BCUT2D eigenvalue weighted by atomic mass is 9.87. The van der Waals surface area contributed by atoms with E-state index in [9.17, 15) is 0 Å². The van der Waals surface area contributed by atoms with Crippen LogP contribution in [0.25, 0.3) is 5.65 Å². The average molecular weight is 291 g/mol. The predicted molar refractivity (Wildman–Crippen MR) is 74.9 cm³/mol. The van der Waals surface area contributed by atoms with Gasteiger partial charge in [-0.05, 0) is 36.3 Å². The summed E-state index contributed by atoms with van der Waals surface area (Å²) >= 11 is 8.08. The largest absolute Gasteiger partial charge is 0.266 e. The minimum atomic E-state index is 0.296. The molecule has 96 valence electrons. The van der Waals surface area contributed by atoms with Gasteiger partial charge in [0, 0.05) is 10.8 Å². The van der Waals surface area contributed by atoms with Crippen LogP contribution in [-0.4, -0.2) is 19.6 Å². The third-order valence-electron chi connectivity index (χ3n) is 3.66. The van der Waals surface area contributed by atoms with Crippen LogP contribution in [-0.2, 0) is 6.42 Å². The summed E-state index contributed by atoms with van der Waals surface area (Å²) in [4.78, 5) is 5.52. The molecule has 0 aliphatic heterocycles. The van der Waals surface area contributed by atoms with Gasteiger partial charge in [0.15, 0.2) is 5.65 Å². The molecule has 4 rings (SSSR count). The molecule has 3 aromatic heterocycles. The zero-order chi connectivity index (χ0) is 12.8. The number of fused-ring (bicyclic) bond motifs is 2. The highest BCUT2D eigenvalue weighted by molar-refractivity contribution is 7.10. The Kier molecular flexibility index (Phi) is 2.56. The average Bonchev–Trinajstić information content (AvgIpc) is 3.05. The Bertz CT molecular complexity index is 748. The summed E-state index contributed by atoms with van der Waals surface area (Å²) in [6.45, 7) is 0. The Morgan fingerprint density at radius 1 is 1.32 bits per heavy atom. The Morgan fingerprint density at radius 3 is 3.21 bits per heavy atom. The Labute approximate surface area is 119 Å². The van der Waals surface area contributed by atoms with Gasteiger partial charge in [-0.15, -0.1) is 21.5 Å². The first-order valence-corrected chi connectivity index (χ1v) is 7.51. The summed E-state index contributed by atoms with van der Waals surface area (Å²) in [7, 11) is 0. The zero-order valence-corrected chi connectivity index (χ0v) is 11.7. The molecular weight excluding hydrogens is 280 g/mol. The van der Waals surface area contributed by atoms with Gasteiger partial charge in [0.1, 0.15) is 11.0 Å². The van der Waals surface area contributed by atoms with Crippen molar-refractivity contribution >= 4 is 28.6 Å². The molecule has 1 aliphatic carbocycles. The topological polar surface area (TPSA) is 43.1 Å². The van der Waals surface area contributed by atoms with Gasteiger partial charge in [0.05, 0.1) is 12.4 Å². The van der Waals surface area contributed by atoms with Crippen molar-refractivity contribution in [2.24, 2.45) is 0 Å². The lowest BCUT2D eigenvalue weighted by Crippen LogP contribution is -2.12. The van der Waals surface area contributed by atoms with Crippen LogP contribution >= 0.6 is 22.9 Å². The molecule has 6 heteroatoms. The van der Waals surface area contributed by atoms with E-state index in [1.165, 1.54) is 23.3 Å². The van der Waals surface area contributed by atoms with Crippen molar-refractivity contribution in [3.05, 3.63) is 45.3 Å². The molecule has 0 bridgehead atoms. The van der Waals surface area contributed by atoms with Gasteiger partial charge in [0.25, 0.3) is 0 Å². The highest BCUT2D eigenvalue weighted by atomic mass is 35.5. The van der Waals surface area contributed by atoms with Crippen molar-refractivity contribution in [3.63, 3.8) is 0 Å². The van der Waals surface area contributed by atoms with E-state index in [0.29, 0.717) is 16.7 Å². The maximum absolute atomic E-state index is 6.25. The molecule has 1 atom stereocenters. The number of hydrogen-bond acceptors (Lipinski definition) is 4. The number of halogens is 1. The fourth-order valence-electron chi connectivity index (χ4n) is 2.82. The van der Waals surface area contributed by atoms with E-state index in [4.69, 9.17) is 11.6 Å². The summed E-state index contributed by atoms with van der Waals surface area (Å²) in [5.41, 5.74) is 2.10. The molecule has 0 saturated carbocycles. The van der Waals surface area contributed by atoms with Crippen molar-refractivity contribution in [1.29, 1.82) is 0 Å². The lowest BCUT2D eigenvalue weighted by Gasteiger charge is -2.21. The van der Waals surface area contributed by atoms with Crippen molar-refractivity contribution < 1.29 is 0 Å². The third kappa shape index (κ3) is 1.69. The molecule has 0 spiro atoms. The quantitative estimate of drug-likeness (QED) is 0.690. The Hall–Kier alpha value is -1.46. The van der Waals surface area contributed by atoms with E-state index in [-0.39, 0.29) is 0 Å². The maximum Gasteiger partial charge on any atom is 0.180 e. The van der Waals surface area contributed by atoms with Gasteiger partial charge in [-0.1, -0.05) is 11.6 Å². The van der Waals surface area contributed by atoms with E-state index in [1.807, 2.05) is 15.7 Å². The van der Waals surface area contributed by atoms with Crippen LogP contribution < -0.4 is 0 Å². The van der Waals surface area contributed by atoms with Gasteiger partial charge in [-0.25, -0.2) is 0 Å². The van der Waals surface area contributed by atoms with E-state index in [0.717, 1.165) is 12.2 Å². The predicted octanol–water partition coefficient (Wildman–Crippen LogP) is 3.31. The second kappa shape index (κ2) is 4.28. The molecule has 0 saturated heterocycles. The van der Waals surface area contributed by atoms with Crippen LogP contribution in [0.3, 0.4) is 0 Å². The van der Waals surface area contributed by atoms with Crippen LogP contribution in [0, 0.1) is 0 Å². The molecular formula is C13H11ClN4S. The number of rotatable bonds is 1. The summed E-state index contributed by atoms with van der Waals surface area (Å²) in [6, 6.07) is 2.21. The molecule has 0 radical (unpaired) electrons. The summed E-state index contributed by atoms with van der Waals surface area (Å²) < 4.78 is 1.91. The van der Waals surface area contributed by atoms with Gasteiger partial charge in [-0.2, -0.15) is 0 Å². The number of nitrogens with zero attached hydrogens (tertiary/aromatic N) is 4. The number of hydrogen-bond donors (Lipinski definition) is 0. The Balaban J connectivity index is 1.93. The first-order chi connectivity index (χ1) is 9.34. The van der Waals surface area contributed by atoms with Crippen LogP contribution in [0.15, 0.2) is 23.8 Å². The third-order valence-corrected chi connectivity index (χ3v) is 4.92. The minimum absolute atomic E-state index is 0.296. The highest BCUT2D eigenvalue weighted by Gasteiger charge is 2.27. The molecule has 1 aliphatic rings. The van der Waals surface area contributed by atoms with Crippen LogP contribution in [0.2, 0.25) is 5.15 Å². The number of aromatic nitrogens is 4. The minimum Gasteiger partial charge on any atom is -0.266 e. The zero-order valence-electron chi connectivity index (χ0n) is 10.1. The van der Waals surface area contributed by atoms with Gasteiger partial charge in [-0.3, -0.25) is 9.38 Å². The van der Waals surface area contributed by atoms with Crippen LogP contribution in [0.4, 0.5) is 0 Å². The standard InChI is InChI=1S/C13H11ClN4S/c14-11-6-15-7-12-16-17-13(18(11)12)9-2-1-3-10-8(9)4-5-19-10/h4-7,9H,1-3H2. The number of thiophene rings is 1.